The van der Waals surface area contributed by atoms with Gasteiger partial charge in [-0.3, -0.25) is 4.90 Å². The van der Waals surface area contributed by atoms with Crippen molar-refractivity contribution in [1.29, 1.82) is 0 Å². The summed E-state index contributed by atoms with van der Waals surface area (Å²) in [5.74, 6) is 0. The first-order valence-electron chi connectivity index (χ1n) is 8.60. The standard InChI is InChI=1S/C18H35NO2/c1-16(2,3)19-10-9-18(14-19)8-7-15(13-18)20-11-12-21-17(4,5)6/h15H,7-14H2,1-6H3. The van der Waals surface area contributed by atoms with Crippen molar-refractivity contribution in [2.24, 2.45) is 5.41 Å². The molecule has 1 spiro atoms. The van der Waals surface area contributed by atoms with Gasteiger partial charge < -0.3 is 9.47 Å². The third-order valence-electron chi connectivity index (χ3n) is 5.02. The SMILES string of the molecule is CC(C)(C)OCCOC1CCC2(CCN(C(C)(C)C)C2)C1. The van der Waals surface area contributed by atoms with E-state index < -0.39 is 0 Å². The minimum atomic E-state index is -0.0566. The summed E-state index contributed by atoms with van der Waals surface area (Å²) in [6.07, 6.45) is 5.61. The van der Waals surface area contributed by atoms with Crippen LogP contribution in [-0.2, 0) is 9.47 Å². The monoisotopic (exact) mass is 297 g/mol. The highest BCUT2D eigenvalue weighted by Crippen LogP contribution is 2.47. The van der Waals surface area contributed by atoms with Gasteiger partial charge in [0.25, 0.3) is 0 Å². The van der Waals surface area contributed by atoms with Gasteiger partial charge in [-0.2, -0.15) is 0 Å². The van der Waals surface area contributed by atoms with Crippen LogP contribution in [0.5, 0.6) is 0 Å². The molecule has 3 nitrogen and oxygen atoms in total. The molecule has 3 heteroatoms. The second kappa shape index (κ2) is 6.17. The molecular formula is C18H35NO2. The van der Waals surface area contributed by atoms with E-state index in [4.69, 9.17) is 9.47 Å². The van der Waals surface area contributed by atoms with E-state index in [9.17, 15) is 0 Å². The minimum absolute atomic E-state index is 0.0566. The molecule has 1 heterocycles. The van der Waals surface area contributed by atoms with Gasteiger partial charge in [-0.25, -0.2) is 0 Å². The molecule has 2 fully saturated rings. The predicted octanol–water partition coefficient (Wildman–Crippen LogP) is 3.86. The van der Waals surface area contributed by atoms with Crippen molar-refractivity contribution >= 4 is 0 Å². The molecule has 1 aliphatic heterocycles. The van der Waals surface area contributed by atoms with Gasteiger partial charge in [-0.15, -0.1) is 0 Å². The first-order valence-corrected chi connectivity index (χ1v) is 8.60. The summed E-state index contributed by atoms with van der Waals surface area (Å²) in [7, 11) is 0. The molecule has 0 aromatic heterocycles. The lowest BCUT2D eigenvalue weighted by Gasteiger charge is -2.33. The van der Waals surface area contributed by atoms with Crippen LogP contribution in [-0.4, -0.2) is 48.4 Å². The fourth-order valence-electron chi connectivity index (χ4n) is 3.74. The minimum Gasteiger partial charge on any atom is -0.376 e. The molecule has 21 heavy (non-hydrogen) atoms. The van der Waals surface area contributed by atoms with Crippen molar-refractivity contribution in [3.8, 4) is 0 Å². The lowest BCUT2D eigenvalue weighted by Crippen LogP contribution is -2.40. The Morgan fingerprint density at radius 3 is 2.33 bits per heavy atom. The zero-order valence-corrected chi connectivity index (χ0v) is 15.0. The molecule has 124 valence electrons. The van der Waals surface area contributed by atoms with Crippen LogP contribution in [0.4, 0.5) is 0 Å². The van der Waals surface area contributed by atoms with E-state index in [1.54, 1.807) is 0 Å². The highest BCUT2D eigenvalue weighted by molar-refractivity contribution is 4.99. The number of hydrogen-bond donors (Lipinski definition) is 0. The number of rotatable bonds is 4. The summed E-state index contributed by atoms with van der Waals surface area (Å²) in [5, 5.41) is 0. The first-order chi connectivity index (χ1) is 9.60. The van der Waals surface area contributed by atoms with Crippen molar-refractivity contribution in [1.82, 2.24) is 4.90 Å². The van der Waals surface area contributed by atoms with Gasteiger partial charge in [0.05, 0.1) is 24.9 Å². The number of nitrogens with zero attached hydrogens (tertiary/aromatic N) is 1. The van der Waals surface area contributed by atoms with Crippen molar-refractivity contribution < 1.29 is 9.47 Å². The highest BCUT2D eigenvalue weighted by Gasteiger charge is 2.46. The molecular weight excluding hydrogens is 262 g/mol. The highest BCUT2D eigenvalue weighted by atomic mass is 16.5. The molecule has 2 unspecified atom stereocenters. The zero-order valence-electron chi connectivity index (χ0n) is 15.0. The molecule has 2 aliphatic rings. The predicted molar refractivity (Wildman–Crippen MR) is 87.7 cm³/mol. The molecule has 0 aromatic rings. The lowest BCUT2D eigenvalue weighted by atomic mass is 9.85. The molecule has 2 rings (SSSR count). The van der Waals surface area contributed by atoms with E-state index in [0.29, 0.717) is 23.7 Å². The fourth-order valence-corrected chi connectivity index (χ4v) is 3.74. The zero-order chi connectivity index (χ0) is 15.7. The lowest BCUT2D eigenvalue weighted by molar-refractivity contribution is -0.0519. The van der Waals surface area contributed by atoms with E-state index in [2.05, 4.69) is 46.4 Å². The van der Waals surface area contributed by atoms with Crippen LogP contribution in [0.3, 0.4) is 0 Å². The molecule has 0 amide bonds. The molecule has 1 saturated heterocycles. The fraction of sp³-hybridized carbons (Fsp3) is 1.00. The topological polar surface area (TPSA) is 21.7 Å². The molecule has 0 bridgehead atoms. The van der Waals surface area contributed by atoms with Crippen LogP contribution in [0.25, 0.3) is 0 Å². The second-order valence-corrected chi connectivity index (χ2v) is 9.04. The van der Waals surface area contributed by atoms with Gasteiger partial charge in [0.15, 0.2) is 0 Å². The Hall–Kier alpha value is -0.120. The van der Waals surface area contributed by atoms with Crippen LogP contribution >= 0.6 is 0 Å². The second-order valence-electron chi connectivity index (χ2n) is 9.04. The van der Waals surface area contributed by atoms with E-state index in [-0.39, 0.29) is 5.60 Å². The maximum absolute atomic E-state index is 6.06. The summed E-state index contributed by atoms with van der Waals surface area (Å²) in [5.41, 5.74) is 0.782. The van der Waals surface area contributed by atoms with Crippen LogP contribution in [0.1, 0.15) is 67.2 Å². The molecule has 0 N–H and O–H groups in total. The Balaban J connectivity index is 1.72. The smallest absolute Gasteiger partial charge is 0.0707 e. The maximum atomic E-state index is 6.06. The number of hydrogen-bond acceptors (Lipinski definition) is 3. The average molecular weight is 297 g/mol. The van der Waals surface area contributed by atoms with Crippen molar-refractivity contribution in [2.45, 2.75) is 84.5 Å². The Labute approximate surface area is 131 Å². The normalized spacial score (nSPS) is 31.4. The van der Waals surface area contributed by atoms with E-state index in [1.165, 1.54) is 38.8 Å². The average Bonchev–Trinajstić information content (AvgIpc) is 2.92. The van der Waals surface area contributed by atoms with Crippen LogP contribution in [0.15, 0.2) is 0 Å². The molecule has 0 radical (unpaired) electrons. The van der Waals surface area contributed by atoms with Crippen LogP contribution < -0.4 is 0 Å². The molecule has 1 saturated carbocycles. The van der Waals surface area contributed by atoms with Crippen LogP contribution in [0.2, 0.25) is 0 Å². The Morgan fingerprint density at radius 1 is 1.05 bits per heavy atom. The number of ether oxygens (including phenoxy) is 2. The summed E-state index contributed by atoms with van der Waals surface area (Å²) < 4.78 is 11.8. The van der Waals surface area contributed by atoms with Crippen molar-refractivity contribution in [2.75, 3.05) is 26.3 Å². The first kappa shape index (κ1) is 17.2. The van der Waals surface area contributed by atoms with Gasteiger partial charge >= 0.3 is 0 Å². The van der Waals surface area contributed by atoms with E-state index in [1.807, 2.05) is 0 Å². The van der Waals surface area contributed by atoms with Crippen molar-refractivity contribution in [3.63, 3.8) is 0 Å². The largest absolute Gasteiger partial charge is 0.376 e. The molecule has 2 atom stereocenters. The van der Waals surface area contributed by atoms with Crippen molar-refractivity contribution in [3.05, 3.63) is 0 Å². The quantitative estimate of drug-likeness (QED) is 0.735. The molecule has 0 aromatic carbocycles. The van der Waals surface area contributed by atoms with Gasteiger partial charge in [0, 0.05) is 12.1 Å². The molecule has 1 aliphatic carbocycles. The Morgan fingerprint density at radius 2 is 1.76 bits per heavy atom. The number of likely N-dealkylation sites (tertiary alicyclic amines) is 1. The summed E-state index contributed by atoms with van der Waals surface area (Å²) >= 11 is 0. The van der Waals surface area contributed by atoms with E-state index >= 15 is 0 Å². The van der Waals surface area contributed by atoms with Gasteiger partial charge in [0.2, 0.25) is 0 Å². The Bertz CT molecular complexity index is 342. The van der Waals surface area contributed by atoms with Gasteiger partial charge in [-0.05, 0) is 79.2 Å². The van der Waals surface area contributed by atoms with E-state index in [0.717, 1.165) is 6.61 Å². The summed E-state index contributed by atoms with van der Waals surface area (Å²) in [4.78, 5) is 2.65. The summed E-state index contributed by atoms with van der Waals surface area (Å²) in [6, 6.07) is 0. The van der Waals surface area contributed by atoms with Crippen LogP contribution in [0, 0.1) is 5.41 Å². The third-order valence-corrected chi connectivity index (χ3v) is 5.02. The Kier molecular flexibility index (Phi) is 5.07. The third kappa shape index (κ3) is 4.94. The maximum Gasteiger partial charge on any atom is 0.0707 e. The summed E-state index contributed by atoms with van der Waals surface area (Å²) in [6.45, 7) is 17.2. The van der Waals surface area contributed by atoms with Gasteiger partial charge in [-0.1, -0.05) is 0 Å². The van der Waals surface area contributed by atoms with Gasteiger partial charge in [0.1, 0.15) is 0 Å².